The lowest BCUT2D eigenvalue weighted by atomic mass is 9.97. The van der Waals surface area contributed by atoms with Crippen molar-refractivity contribution in [3.63, 3.8) is 0 Å². The number of ether oxygens (including phenoxy) is 1. The van der Waals surface area contributed by atoms with Crippen LogP contribution in [0.1, 0.15) is 25.7 Å². The van der Waals surface area contributed by atoms with Crippen molar-refractivity contribution in [1.29, 1.82) is 0 Å². The summed E-state index contributed by atoms with van der Waals surface area (Å²) in [6.07, 6.45) is 5.23. The molecule has 7 heteroatoms. The summed E-state index contributed by atoms with van der Waals surface area (Å²) in [5.41, 5.74) is 0.749. The lowest BCUT2D eigenvalue weighted by Gasteiger charge is -2.34. The van der Waals surface area contributed by atoms with Crippen LogP contribution in [0.25, 0.3) is 10.9 Å². The van der Waals surface area contributed by atoms with E-state index in [1.807, 2.05) is 29.2 Å². The number of rotatable bonds is 3. The SMILES string of the molecule is O=C(NC1CCOCC1)N1CCC(Cn2cnc3ccccc3c2=O)CC1. The van der Waals surface area contributed by atoms with Crippen LogP contribution in [0.4, 0.5) is 4.79 Å². The third kappa shape index (κ3) is 4.13. The second-order valence-corrected chi connectivity index (χ2v) is 7.49. The Balaban J connectivity index is 1.32. The maximum absolute atomic E-state index is 12.6. The molecule has 0 atom stereocenters. The van der Waals surface area contributed by atoms with Crippen molar-refractivity contribution in [2.45, 2.75) is 38.3 Å². The van der Waals surface area contributed by atoms with Crippen molar-refractivity contribution < 1.29 is 9.53 Å². The number of piperidine rings is 1. The Morgan fingerprint density at radius 1 is 1.15 bits per heavy atom. The minimum atomic E-state index is 0.0142. The lowest BCUT2D eigenvalue weighted by molar-refractivity contribution is 0.0770. The van der Waals surface area contributed by atoms with Crippen LogP contribution in [0.15, 0.2) is 35.4 Å². The van der Waals surface area contributed by atoms with E-state index >= 15 is 0 Å². The van der Waals surface area contributed by atoms with Crippen LogP contribution in [-0.4, -0.2) is 52.8 Å². The molecule has 2 aromatic rings. The second kappa shape index (κ2) is 8.08. The van der Waals surface area contributed by atoms with Crippen molar-refractivity contribution in [3.8, 4) is 0 Å². The van der Waals surface area contributed by atoms with Crippen LogP contribution in [0.5, 0.6) is 0 Å². The monoisotopic (exact) mass is 370 g/mol. The van der Waals surface area contributed by atoms with Gasteiger partial charge in [-0.2, -0.15) is 0 Å². The van der Waals surface area contributed by atoms with Crippen molar-refractivity contribution >= 4 is 16.9 Å². The van der Waals surface area contributed by atoms with E-state index in [0.29, 0.717) is 17.8 Å². The topological polar surface area (TPSA) is 76.5 Å². The molecule has 2 aliphatic rings. The Labute approximate surface area is 158 Å². The summed E-state index contributed by atoms with van der Waals surface area (Å²) in [5, 5.41) is 3.78. The molecule has 0 bridgehead atoms. The molecule has 27 heavy (non-hydrogen) atoms. The molecule has 144 valence electrons. The Morgan fingerprint density at radius 3 is 2.67 bits per heavy atom. The molecule has 0 unspecified atom stereocenters. The van der Waals surface area contributed by atoms with Gasteiger partial charge < -0.3 is 15.0 Å². The number of para-hydroxylation sites is 1. The highest BCUT2D eigenvalue weighted by Gasteiger charge is 2.25. The van der Waals surface area contributed by atoms with Crippen molar-refractivity contribution in [1.82, 2.24) is 19.8 Å². The lowest BCUT2D eigenvalue weighted by Crippen LogP contribution is -2.49. The highest BCUT2D eigenvalue weighted by molar-refractivity contribution is 5.77. The van der Waals surface area contributed by atoms with Gasteiger partial charge in [0.25, 0.3) is 5.56 Å². The van der Waals surface area contributed by atoms with Crippen LogP contribution >= 0.6 is 0 Å². The predicted molar refractivity (Wildman–Crippen MR) is 103 cm³/mol. The summed E-state index contributed by atoms with van der Waals surface area (Å²) >= 11 is 0. The third-order valence-corrected chi connectivity index (χ3v) is 5.64. The number of aromatic nitrogens is 2. The molecule has 3 heterocycles. The summed E-state index contributed by atoms with van der Waals surface area (Å²) in [7, 11) is 0. The fourth-order valence-corrected chi connectivity index (χ4v) is 3.94. The number of nitrogens with one attached hydrogen (secondary N) is 1. The number of urea groups is 1. The molecule has 2 amide bonds. The number of amides is 2. The number of fused-ring (bicyclic) bond motifs is 1. The maximum Gasteiger partial charge on any atom is 0.317 e. The second-order valence-electron chi connectivity index (χ2n) is 7.49. The molecule has 1 aromatic heterocycles. The minimum absolute atomic E-state index is 0.0142. The largest absolute Gasteiger partial charge is 0.381 e. The van der Waals surface area contributed by atoms with Gasteiger partial charge in [-0.15, -0.1) is 0 Å². The standard InChI is InChI=1S/C20H26N4O3/c25-19-17-3-1-2-4-18(17)21-14-24(19)13-15-5-9-23(10-6-15)20(26)22-16-7-11-27-12-8-16/h1-4,14-16H,5-13H2,(H,22,26). The molecule has 0 saturated carbocycles. The van der Waals surface area contributed by atoms with Crippen LogP contribution in [0, 0.1) is 5.92 Å². The molecule has 0 aliphatic carbocycles. The van der Waals surface area contributed by atoms with Crippen molar-refractivity contribution in [3.05, 3.63) is 40.9 Å². The van der Waals surface area contributed by atoms with Crippen molar-refractivity contribution in [2.75, 3.05) is 26.3 Å². The Hall–Kier alpha value is -2.41. The van der Waals surface area contributed by atoms with E-state index in [9.17, 15) is 9.59 Å². The zero-order valence-electron chi connectivity index (χ0n) is 15.5. The van der Waals surface area contributed by atoms with Gasteiger partial charge in [0.05, 0.1) is 17.2 Å². The summed E-state index contributed by atoms with van der Waals surface area (Å²) in [4.78, 5) is 31.4. The number of benzene rings is 1. The molecule has 2 fully saturated rings. The summed E-state index contributed by atoms with van der Waals surface area (Å²) in [6.45, 7) is 3.57. The molecule has 0 spiro atoms. The first-order valence-electron chi connectivity index (χ1n) is 9.78. The number of likely N-dealkylation sites (tertiary alicyclic amines) is 1. The molecule has 7 nitrogen and oxygen atoms in total. The number of carbonyl (C=O) groups is 1. The molecule has 2 aliphatic heterocycles. The van der Waals surface area contributed by atoms with Gasteiger partial charge in [0.1, 0.15) is 0 Å². The van der Waals surface area contributed by atoms with E-state index in [1.165, 1.54) is 0 Å². The van der Waals surface area contributed by atoms with Gasteiger partial charge in [0, 0.05) is 38.9 Å². The molecular formula is C20H26N4O3. The minimum Gasteiger partial charge on any atom is -0.381 e. The normalized spacial score (nSPS) is 19.3. The first-order valence-corrected chi connectivity index (χ1v) is 9.78. The van der Waals surface area contributed by atoms with Gasteiger partial charge in [-0.3, -0.25) is 9.36 Å². The van der Waals surface area contributed by atoms with Crippen LogP contribution in [-0.2, 0) is 11.3 Å². The van der Waals surface area contributed by atoms with E-state index in [2.05, 4.69) is 10.3 Å². The van der Waals surface area contributed by atoms with Crippen LogP contribution in [0.2, 0.25) is 0 Å². The fraction of sp³-hybridized carbons (Fsp3) is 0.550. The van der Waals surface area contributed by atoms with E-state index in [1.54, 1.807) is 10.9 Å². The molecular weight excluding hydrogens is 344 g/mol. The van der Waals surface area contributed by atoms with Crippen LogP contribution in [0.3, 0.4) is 0 Å². The van der Waals surface area contributed by atoms with Gasteiger partial charge >= 0.3 is 6.03 Å². The highest BCUT2D eigenvalue weighted by atomic mass is 16.5. The fourth-order valence-electron chi connectivity index (χ4n) is 3.94. The quantitative estimate of drug-likeness (QED) is 0.897. The predicted octanol–water partition coefficient (Wildman–Crippen LogP) is 2.00. The van der Waals surface area contributed by atoms with Crippen LogP contribution < -0.4 is 10.9 Å². The Kier molecular flexibility index (Phi) is 5.38. The third-order valence-electron chi connectivity index (χ3n) is 5.64. The summed E-state index contributed by atoms with van der Waals surface area (Å²) < 4.78 is 7.05. The van der Waals surface area contributed by atoms with E-state index in [0.717, 1.165) is 57.5 Å². The van der Waals surface area contributed by atoms with Gasteiger partial charge in [-0.05, 0) is 43.7 Å². The van der Waals surface area contributed by atoms with Gasteiger partial charge in [-0.25, -0.2) is 9.78 Å². The molecule has 1 aromatic carbocycles. The molecule has 4 rings (SSSR count). The zero-order valence-corrected chi connectivity index (χ0v) is 15.5. The van der Waals surface area contributed by atoms with E-state index < -0.39 is 0 Å². The Bertz CT molecular complexity index is 852. The number of nitrogens with zero attached hydrogens (tertiary/aromatic N) is 3. The summed E-state index contributed by atoms with van der Waals surface area (Å²) in [5.74, 6) is 0.387. The van der Waals surface area contributed by atoms with Gasteiger partial charge in [0.15, 0.2) is 0 Å². The van der Waals surface area contributed by atoms with Gasteiger partial charge in [-0.1, -0.05) is 12.1 Å². The maximum atomic E-state index is 12.6. The Morgan fingerprint density at radius 2 is 1.89 bits per heavy atom. The first-order chi connectivity index (χ1) is 13.2. The average Bonchev–Trinajstić information content (AvgIpc) is 2.71. The molecule has 0 radical (unpaired) electrons. The number of hydrogen-bond acceptors (Lipinski definition) is 4. The molecule has 2 saturated heterocycles. The first kappa shape index (κ1) is 18.0. The van der Waals surface area contributed by atoms with Crippen molar-refractivity contribution in [2.24, 2.45) is 5.92 Å². The van der Waals surface area contributed by atoms with E-state index in [4.69, 9.17) is 4.74 Å². The van der Waals surface area contributed by atoms with Gasteiger partial charge in [0.2, 0.25) is 0 Å². The molecule has 1 N–H and O–H groups in total. The smallest absolute Gasteiger partial charge is 0.317 e. The highest BCUT2D eigenvalue weighted by Crippen LogP contribution is 2.19. The summed E-state index contributed by atoms with van der Waals surface area (Å²) in [6, 6.07) is 7.70. The number of carbonyl (C=O) groups excluding carboxylic acids is 1. The number of hydrogen-bond donors (Lipinski definition) is 1. The average molecular weight is 370 g/mol. The van der Waals surface area contributed by atoms with E-state index in [-0.39, 0.29) is 17.6 Å². The zero-order chi connectivity index (χ0) is 18.6.